The highest BCUT2D eigenvalue weighted by atomic mass is 16.4. The van der Waals surface area contributed by atoms with Crippen molar-refractivity contribution in [3.63, 3.8) is 0 Å². The topological polar surface area (TPSA) is 57.6 Å². The Morgan fingerprint density at radius 2 is 2.00 bits per heavy atom. The van der Waals surface area contributed by atoms with E-state index in [4.69, 9.17) is 5.11 Å². The van der Waals surface area contributed by atoms with Crippen molar-refractivity contribution >= 4 is 18.0 Å². The van der Waals surface area contributed by atoms with E-state index in [2.05, 4.69) is 26.0 Å². The summed E-state index contributed by atoms with van der Waals surface area (Å²) in [5.74, 6) is -0.512. The summed E-state index contributed by atoms with van der Waals surface area (Å²) in [7, 11) is 0. The van der Waals surface area contributed by atoms with Crippen LogP contribution in [0.15, 0.2) is 30.3 Å². The van der Waals surface area contributed by atoms with E-state index < -0.39 is 12.0 Å². The first-order valence-electron chi connectivity index (χ1n) is 7.78. The van der Waals surface area contributed by atoms with Gasteiger partial charge in [-0.1, -0.05) is 50.3 Å². The van der Waals surface area contributed by atoms with Crippen LogP contribution in [0.4, 0.5) is 0 Å². The van der Waals surface area contributed by atoms with Crippen LogP contribution >= 0.6 is 0 Å². The molecule has 4 heteroatoms. The molecular formula is C18H23NO3. The van der Waals surface area contributed by atoms with Crippen LogP contribution in [-0.2, 0) is 9.59 Å². The van der Waals surface area contributed by atoms with Gasteiger partial charge in [0.1, 0.15) is 6.04 Å². The Labute approximate surface area is 131 Å². The van der Waals surface area contributed by atoms with Crippen molar-refractivity contribution in [2.75, 3.05) is 6.54 Å². The van der Waals surface area contributed by atoms with Crippen LogP contribution in [0.5, 0.6) is 0 Å². The van der Waals surface area contributed by atoms with Crippen LogP contribution in [-0.4, -0.2) is 34.5 Å². The summed E-state index contributed by atoms with van der Waals surface area (Å²) < 4.78 is 0. The van der Waals surface area contributed by atoms with E-state index in [1.807, 2.05) is 24.3 Å². The molecule has 1 N–H and O–H groups in total. The number of carboxylic acid groups (broad SMARTS) is 1. The van der Waals surface area contributed by atoms with Gasteiger partial charge in [-0.3, -0.25) is 4.79 Å². The number of rotatable bonds is 5. The summed E-state index contributed by atoms with van der Waals surface area (Å²) in [5.41, 5.74) is 2.34. The maximum Gasteiger partial charge on any atom is 0.326 e. The molecular weight excluding hydrogens is 278 g/mol. The number of aliphatic carboxylic acids is 1. The highest BCUT2D eigenvalue weighted by molar-refractivity contribution is 5.85. The minimum atomic E-state index is -0.904. The minimum absolute atomic E-state index is 0.111. The van der Waals surface area contributed by atoms with Crippen molar-refractivity contribution in [1.29, 1.82) is 0 Å². The number of carbonyl (C=O) groups excluding carboxylic acids is 1. The van der Waals surface area contributed by atoms with Crippen molar-refractivity contribution < 1.29 is 14.7 Å². The van der Waals surface area contributed by atoms with Crippen molar-refractivity contribution in [2.45, 2.75) is 45.1 Å². The van der Waals surface area contributed by atoms with Gasteiger partial charge in [-0.05, 0) is 29.9 Å². The number of nitrogens with zero attached hydrogens (tertiary/aromatic N) is 1. The summed E-state index contributed by atoms with van der Waals surface area (Å²) in [6.07, 6.45) is 5.29. The van der Waals surface area contributed by atoms with Crippen LogP contribution in [0.2, 0.25) is 0 Å². The highest BCUT2D eigenvalue weighted by Crippen LogP contribution is 2.19. The second kappa shape index (κ2) is 7.25. The maximum absolute atomic E-state index is 12.1. The van der Waals surface area contributed by atoms with Gasteiger partial charge in [0.25, 0.3) is 0 Å². The Morgan fingerprint density at radius 3 is 2.59 bits per heavy atom. The zero-order valence-corrected chi connectivity index (χ0v) is 13.2. The molecule has 1 aliphatic rings. The summed E-state index contributed by atoms with van der Waals surface area (Å²) in [6, 6.07) is 7.60. The van der Waals surface area contributed by atoms with Crippen LogP contribution in [0.3, 0.4) is 0 Å². The number of benzene rings is 1. The predicted octanol–water partition coefficient (Wildman–Crippen LogP) is 3.29. The van der Waals surface area contributed by atoms with Gasteiger partial charge in [-0.25, -0.2) is 4.79 Å². The van der Waals surface area contributed by atoms with Gasteiger partial charge >= 0.3 is 5.97 Å². The third-order valence-electron chi connectivity index (χ3n) is 4.06. The molecule has 118 valence electrons. The summed E-state index contributed by atoms with van der Waals surface area (Å²) in [4.78, 5) is 24.7. The number of hydrogen-bond donors (Lipinski definition) is 1. The molecule has 1 aromatic rings. The smallest absolute Gasteiger partial charge is 0.326 e. The Balaban J connectivity index is 1.91. The Morgan fingerprint density at radius 1 is 1.32 bits per heavy atom. The zero-order chi connectivity index (χ0) is 16.1. The molecule has 0 bridgehead atoms. The molecule has 1 saturated heterocycles. The number of amides is 1. The third kappa shape index (κ3) is 3.97. The molecule has 0 saturated carbocycles. The fraction of sp³-hybridized carbons (Fsp3) is 0.444. The van der Waals surface area contributed by atoms with Crippen LogP contribution in [0.1, 0.15) is 50.2 Å². The van der Waals surface area contributed by atoms with Crippen LogP contribution < -0.4 is 0 Å². The molecule has 1 heterocycles. The number of carbonyl (C=O) groups is 2. The Hall–Kier alpha value is -2.10. The van der Waals surface area contributed by atoms with Crippen molar-refractivity contribution in [2.24, 2.45) is 0 Å². The predicted molar refractivity (Wildman–Crippen MR) is 86.6 cm³/mol. The molecule has 0 radical (unpaired) electrons. The van der Waals surface area contributed by atoms with Crippen molar-refractivity contribution in [3.05, 3.63) is 41.5 Å². The molecule has 22 heavy (non-hydrogen) atoms. The lowest BCUT2D eigenvalue weighted by molar-refractivity contribution is -0.147. The highest BCUT2D eigenvalue weighted by Gasteiger charge is 2.33. The lowest BCUT2D eigenvalue weighted by Gasteiger charge is -2.20. The van der Waals surface area contributed by atoms with E-state index in [0.717, 1.165) is 12.0 Å². The van der Waals surface area contributed by atoms with Gasteiger partial charge < -0.3 is 10.0 Å². The molecule has 4 nitrogen and oxygen atoms in total. The second-order valence-electron chi connectivity index (χ2n) is 6.01. The average Bonchev–Trinajstić information content (AvgIpc) is 2.97. The molecule has 0 aliphatic carbocycles. The molecule has 2 rings (SSSR count). The minimum Gasteiger partial charge on any atom is -0.480 e. The summed E-state index contributed by atoms with van der Waals surface area (Å²) >= 11 is 0. The molecule has 0 aromatic heterocycles. The first-order chi connectivity index (χ1) is 10.5. The van der Waals surface area contributed by atoms with Gasteiger partial charge in [0.2, 0.25) is 5.91 Å². The molecule has 1 fully saturated rings. The molecule has 1 aliphatic heterocycles. The fourth-order valence-corrected chi connectivity index (χ4v) is 2.73. The molecule has 1 amide bonds. The van der Waals surface area contributed by atoms with E-state index in [1.54, 1.807) is 0 Å². The lowest BCUT2D eigenvalue weighted by atomic mass is 10.0. The molecule has 1 aromatic carbocycles. The van der Waals surface area contributed by atoms with Gasteiger partial charge in [0.15, 0.2) is 0 Å². The van der Waals surface area contributed by atoms with Gasteiger partial charge in [-0.15, -0.1) is 0 Å². The van der Waals surface area contributed by atoms with Gasteiger partial charge in [0.05, 0.1) is 0 Å². The Bertz CT molecular complexity index is 560. The monoisotopic (exact) mass is 301 g/mol. The van der Waals surface area contributed by atoms with E-state index in [-0.39, 0.29) is 12.3 Å². The SMILES string of the molecule is CC(C)c1ccc(/C=C/CC(=O)N2CCCC2C(=O)O)cc1. The maximum atomic E-state index is 12.1. The molecule has 0 spiro atoms. The fourth-order valence-electron chi connectivity index (χ4n) is 2.73. The van der Waals surface area contributed by atoms with E-state index >= 15 is 0 Å². The number of likely N-dealkylation sites (tertiary alicyclic amines) is 1. The molecule has 1 atom stereocenters. The van der Waals surface area contributed by atoms with E-state index in [1.165, 1.54) is 10.5 Å². The van der Waals surface area contributed by atoms with Crippen LogP contribution in [0.25, 0.3) is 6.08 Å². The first kappa shape index (κ1) is 16.3. The van der Waals surface area contributed by atoms with Crippen molar-refractivity contribution in [1.82, 2.24) is 4.90 Å². The summed E-state index contributed by atoms with van der Waals surface area (Å²) in [5, 5.41) is 9.09. The quantitative estimate of drug-likeness (QED) is 0.908. The number of hydrogen-bond acceptors (Lipinski definition) is 2. The average molecular weight is 301 g/mol. The largest absolute Gasteiger partial charge is 0.480 e. The van der Waals surface area contributed by atoms with Gasteiger partial charge in [-0.2, -0.15) is 0 Å². The first-order valence-corrected chi connectivity index (χ1v) is 7.78. The van der Waals surface area contributed by atoms with Crippen molar-refractivity contribution in [3.8, 4) is 0 Å². The third-order valence-corrected chi connectivity index (χ3v) is 4.06. The van der Waals surface area contributed by atoms with Crippen LogP contribution in [0, 0.1) is 0 Å². The van der Waals surface area contributed by atoms with E-state index in [9.17, 15) is 9.59 Å². The zero-order valence-electron chi connectivity index (χ0n) is 13.2. The lowest BCUT2D eigenvalue weighted by Crippen LogP contribution is -2.40. The summed E-state index contributed by atoms with van der Waals surface area (Å²) in [6.45, 7) is 4.85. The normalized spacial score (nSPS) is 18.3. The molecule has 1 unspecified atom stereocenters. The van der Waals surface area contributed by atoms with Gasteiger partial charge in [0, 0.05) is 13.0 Å². The standard InChI is InChI=1S/C18H23NO3/c1-13(2)15-10-8-14(9-11-15)5-3-7-17(20)19-12-4-6-16(19)18(21)22/h3,5,8-11,13,16H,4,6-7,12H2,1-2H3,(H,21,22)/b5-3+. The Kier molecular flexibility index (Phi) is 5.36. The van der Waals surface area contributed by atoms with E-state index in [0.29, 0.717) is 18.9 Å². The second-order valence-corrected chi connectivity index (χ2v) is 6.01. The number of carboxylic acids is 1.